The Kier molecular flexibility index (Phi) is 8.78. The smallest absolute Gasteiger partial charge is 0.303 e. The topological polar surface area (TPSA) is 76.1 Å². The molecule has 0 aromatic heterocycles. The standard InChI is InChI=1S/C25H26BrNO5S2/c1-14-8-16(3)18(9-15(14)2)13-32-23-19(26)10-17(11-20(23)31-4)12-21-24(30)27(25(33)34-21)7-5-6-22(28)29/h8-12H,5-7,13H2,1-4H3,(H,28,29)/b21-12+. The summed E-state index contributed by atoms with van der Waals surface area (Å²) in [5, 5.41) is 8.82. The van der Waals surface area contributed by atoms with Crippen LogP contribution < -0.4 is 9.47 Å². The van der Waals surface area contributed by atoms with Crippen LogP contribution >= 0.6 is 39.9 Å². The van der Waals surface area contributed by atoms with Gasteiger partial charge in [-0.25, -0.2) is 0 Å². The first-order chi connectivity index (χ1) is 16.1. The second kappa shape index (κ2) is 11.4. The van der Waals surface area contributed by atoms with E-state index in [0.29, 0.717) is 38.2 Å². The molecule has 0 aliphatic carbocycles. The number of thiocarbonyl (C=S) groups is 1. The highest BCUT2D eigenvalue weighted by molar-refractivity contribution is 9.10. The molecule has 0 unspecified atom stereocenters. The van der Waals surface area contributed by atoms with Crippen molar-refractivity contribution in [2.24, 2.45) is 0 Å². The fourth-order valence-electron chi connectivity index (χ4n) is 3.52. The zero-order chi connectivity index (χ0) is 25.0. The van der Waals surface area contributed by atoms with Crippen LogP contribution in [0.3, 0.4) is 0 Å². The summed E-state index contributed by atoms with van der Waals surface area (Å²) in [6, 6.07) is 7.96. The molecule has 0 spiro atoms. The molecule has 1 saturated heterocycles. The number of amides is 1. The number of hydrogen-bond acceptors (Lipinski definition) is 6. The third-order valence-corrected chi connectivity index (χ3v) is 7.49. The van der Waals surface area contributed by atoms with Gasteiger partial charge in [-0.05, 0) is 89.1 Å². The van der Waals surface area contributed by atoms with Gasteiger partial charge in [0.2, 0.25) is 0 Å². The first kappa shape index (κ1) is 26.2. The van der Waals surface area contributed by atoms with E-state index in [-0.39, 0.29) is 18.9 Å². The summed E-state index contributed by atoms with van der Waals surface area (Å²) in [4.78, 5) is 25.5. The van der Waals surface area contributed by atoms with Crippen LogP contribution in [0.15, 0.2) is 33.6 Å². The summed E-state index contributed by atoms with van der Waals surface area (Å²) in [6.07, 6.45) is 2.09. The molecule has 3 rings (SSSR count). The number of ether oxygens (including phenoxy) is 2. The molecule has 1 fully saturated rings. The number of carbonyl (C=O) groups is 2. The van der Waals surface area contributed by atoms with Crippen molar-refractivity contribution in [1.82, 2.24) is 4.90 Å². The molecular formula is C25H26BrNO5S2. The fourth-order valence-corrected chi connectivity index (χ4v) is 5.40. The summed E-state index contributed by atoms with van der Waals surface area (Å²) in [6.45, 7) is 6.92. The molecule has 1 N–H and O–H groups in total. The van der Waals surface area contributed by atoms with Gasteiger partial charge in [-0.3, -0.25) is 14.5 Å². The second-order valence-electron chi connectivity index (χ2n) is 8.02. The van der Waals surface area contributed by atoms with E-state index >= 15 is 0 Å². The Morgan fingerprint density at radius 3 is 2.56 bits per heavy atom. The quantitative estimate of drug-likeness (QED) is 0.295. The fraction of sp³-hybridized carbons (Fsp3) is 0.320. The number of halogens is 1. The minimum Gasteiger partial charge on any atom is -0.493 e. The number of hydrogen-bond donors (Lipinski definition) is 1. The molecule has 6 nitrogen and oxygen atoms in total. The third kappa shape index (κ3) is 6.20. The van der Waals surface area contributed by atoms with Crippen molar-refractivity contribution < 1.29 is 24.2 Å². The largest absolute Gasteiger partial charge is 0.493 e. The molecule has 1 aliphatic rings. The van der Waals surface area contributed by atoms with Gasteiger partial charge in [0.05, 0.1) is 16.5 Å². The molecule has 1 heterocycles. The van der Waals surface area contributed by atoms with Crippen molar-refractivity contribution in [3.63, 3.8) is 0 Å². The maximum Gasteiger partial charge on any atom is 0.303 e. The van der Waals surface area contributed by atoms with Gasteiger partial charge in [-0.1, -0.05) is 36.1 Å². The van der Waals surface area contributed by atoms with Crippen LogP contribution in [-0.2, 0) is 16.2 Å². The summed E-state index contributed by atoms with van der Waals surface area (Å²) in [7, 11) is 1.57. The molecule has 9 heteroatoms. The lowest BCUT2D eigenvalue weighted by atomic mass is 10.0. The maximum atomic E-state index is 12.8. The zero-order valence-corrected chi connectivity index (χ0v) is 22.7. The molecule has 2 aromatic carbocycles. The summed E-state index contributed by atoms with van der Waals surface area (Å²) in [5.74, 6) is 0.00600. The zero-order valence-electron chi connectivity index (χ0n) is 19.4. The lowest BCUT2D eigenvalue weighted by molar-refractivity contribution is -0.137. The van der Waals surface area contributed by atoms with Gasteiger partial charge in [0.25, 0.3) is 5.91 Å². The van der Waals surface area contributed by atoms with E-state index in [1.54, 1.807) is 13.2 Å². The summed E-state index contributed by atoms with van der Waals surface area (Å²) in [5.41, 5.74) is 5.49. The second-order valence-corrected chi connectivity index (χ2v) is 10.5. The van der Waals surface area contributed by atoms with Crippen LogP contribution in [0.4, 0.5) is 0 Å². The average molecular weight is 565 g/mol. The van der Waals surface area contributed by atoms with E-state index in [2.05, 4.69) is 48.8 Å². The van der Waals surface area contributed by atoms with Crippen molar-refractivity contribution in [3.05, 3.63) is 61.5 Å². The number of thioether (sulfide) groups is 1. The molecule has 1 aliphatic heterocycles. The number of rotatable bonds is 9. The highest BCUT2D eigenvalue weighted by Crippen LogP contribution is 2.39. The Bertz CT molecular complexity index is 1180. The van der Waals surface area contributed by atoms with E-state index < -0.39 is 5.97 Å². The average Bonchev–Trinajstić information content (AvgIpc) is 3.03. The number of carbonyl (C=O) groups excluding carboxylic acids is 1. The van der Waals surface area contributed by atoms with E-state index in [4.69, 9.17) is 26.8 Å². The Balaban J connectivity index is 1.79. The number of methoxy groups -OCH3 is 1. The predicted octanol–water partition coefficient (Wildman–Crippen LogP) is 6.03. The van der Waals surface area contributed by atoms with Crippen LogP contribution in [-0.4, -0.2) is 39.9 Å². The van der Waals surface area contributed by atoms with Gasteiger partial charge in [0, 0.05) is 13.0 Å². The SMILES string of the molecule is COc1cc(/C=C2/SC(=S)N(CCCC(=O)O)C2=O)cc(Br)c1OCc1cc(C)c(C)cc1C. The number of carboxylic acids is 1. The molecule has 2 aromatic rings. The van der Waals surface area contributed by atoms with Crippen LogP contribution in [0, 0.1) is 20.8 Å². The van der Waals surface area contributed by atoms with Gasteiger partial charge in [0.1, 0.15) is 10.9 Å². The minimum absolute atomic E-state index is 0.0105. The lowest BCUT2D eigenvalue weighted by Gasteiger charge is -2.16. The number of nitrogens with zero attached hydrogens (tertiary/aromatic N) is 1. The van der Waals surface area contributed by atoms with Crippen molar-refractivity contribution in [2.75, 3.05) is 13.7 Å². The van der Waals surface area contributed by atoms with Gasteiger partial charge in [-0.2, -0.15) is 0 Å². The number of aliphatic carboxylic acids is 1. The van der Waals surface area contributed by atoms with Crippen molar-refractivity contribution in [3.8, 4) is 11.5 Å². The van der Waals surface area contributed by atoms with Crippen LogP contribution in [0.1, 0.15) is 40.7 Å². The molecule has 0 atom stereocenters. The Morgan fingerprint density at radius 1 is 1.18 bits per heavy atom. The molecule has 0 bridgehead atoms. The first-order valence-electron chi connectivity index (χ1n) is 10.6. The monoisotopic (exact) mass is 563 g/mol. The molecule has 34 heavy (non-hydrogen) atoms. The molecular weight excluding hydrogens is 538 g/mol. The van der Waals surface area contributed by atoms with Gasteiger partial charge in [0.15, 0.2) is 11.5 Å². The predicted molar refractivity (Wildman–Crippen MR) is 142 cm³/mol. The molecule has 0 radical (unpaired) electrons. The summed E-state index contributed by atoms with van der Waals surface area (Å²) >= 11 is 10.1. The van der Waals surface area contributed by atoms with E-state index in [9.17, 15) is 9.59 Å². The highest BCUT2D eigenvalue weighted by Gasteiger charge is 2.31. The van der Waals surface area contributed by atoms with Gasteiger partial charge in [-0.15, -0.1) is 0 Å². The maximum absolute atomic E-state index is 12.8. The van der Waals surface area contributed by atoms with E-state index in [1.807, 2.05) is 12.1 Å². The number of carboxylic acid groups (broad SMARTS) is 1. The van der Waals surface area contributed by atoms with E-state index in [0.717, 1.165) is 11.1 Å². The molecule has 1 amide bonds. The van der Waals surface area contributed by atoms with Crippen molar-refractivity contribution in [2.45, 2.75) is 40.2 Å². The van der Waals surface area contributed by atoms with E-state index in [1.165, 1.54) is 33.4 Å². The van der Waals surface area contributed by atoms with Crippen LogP contribution in [0.5, 0.6) is 11.5 Å². The number of benzene rings is 2. The van der Waals surface area contributed by atoms with Crippen molar-refractivity contribution >= 4 is 62.2 Å². The Hall–Kier alpha value is -2.36. The highest BCUT2D eigenvalue weighted by atomic mass is 79.9. The lowest BCUT2D eigenvalue weighted by Crippen LogP contribution is -2.29. The molecule has 180 valence electrons. The third-order valence-electron chi connectivity index (χ3n) is 5.52. The van der Waals surface area contributed by atoms with Crippen LogP contribution in [0.2, 0.25) is 0 Å². The normalized spacial score (nSPS) is 14.7. The molecule has 0 saturated carbocycles. The number of aryl methyl sites for hydroxylation is 3. The summed E-state index contributed by atoms with van der Waals surface area (Å²) < 4.78 is 12.8. The van der Waals surface area contributed by atoms with Crippen molar-refractivity contribution in [1.29, 1.82) is 0 Å². The Labute approximate surface area is 217 Å². The first-order valence-corrected chi connectivity index (χ1v) is 12.7. The van der Waals surface area contributed by atoms with Gasteiger partial charge < -0.3 is 14.6 Å². The van der Waals surface area contributed by atoms with Crippen LogP contribution in [0.25, 0.3) is 6.08 Å². The minimum atomic E-state index is -0.895. The Morgan fingerprint density at radius 2 is 1.88 bits per heavy atom. The van der Waals surface area contributed by atoms with Gasteiger partial charge >= 0.3 is 5.97 Å².